The SMILES string of the molecule is Cc1[nH]c(C=C2C(=O)Nc3ccc(F)cc32)c(C)c1C(=O)NCC(C)C(=O)N(C)C. The van der Waals surface area contributed by atoms with E-state index in [1.165, 1.54) is 23.1 Å². The number of amides is 3. The minimum absolute atomic E-state index is 0.0682. The zero-order valence-corrected chi connectivity index (χ0v) is 17.6. The molecule has 2 heterocycles. The quantitative estimate of drug-likeness (QED) is 0.659. The number of benzene rings is 1. The van der Waals surface area contributed by atoms with Crippen LogP contribution < -0.4 is 10.6 Å². The van der Waals surface area contributed by atoms with Crippen LogP contribution in [0.4, 0.5) is 10.1 Å². The van der Waals surface area contributed by atoms with Gasteiger partial charge in [-0.25, -0.2) is 4.39 Å². The Kier molecular flexibility index (Phi) is 5.78. The molecule has 0 spiro atoms. The number of hydrogen-bond acceptors (Lipinski definition) is 3. The van der Waals surface area contributed by atoms with Crippen LogP contribution in [0.15, 0.2) is 18.2 Å². The lowest BCUT2D eigenvalue weighted by atomic mass is 10.0. The summed E-state index contributed by atoms with van der Waals surface area (Å²) in [5.74, 6) is -1.48. The van der Waals surface area contributed by atoms with Crippen LogP contribution in [0.2, 0.25) is 0 Å². The van der Waals surface area contributed by atoms with Gasteiger partial charge in [0.1, 0.15) is 5.82 Å². The summed E-state index contributed by atoms with van der Waals surface area (Å²) < 4.78 is 13.7. The van der Waals surface area contributed by atoms with Crippen LogP contribution in [0, 0.1) is 25.6 Å². The number of fused-ring (bicyclic) bond motifs is 1. The molecule has 158 valence electrons. The van der Waals surface area contributed by atoms with E-state index >= 15 is 0 Å². The zero-order valence-electron chi connectivity index (χ0n) is 17.6. The Hall–Kier alpha value is -3.42. The summed E-state index contributed by atoms with van der Waals surface area (Å²) in [6.45, 7) is 5.51. The number of hydrogen-bond donors (Lipinski definition) is 3. The number of aromatic nitrogens is 1. The third-order valence-corrected chi connectivity index (χ3v) is 5.19. The Morgan fingerprint density at radius 3 is 2.63 bits per heavy atom. The molecule has 0 fully saturated rings. The highest BCUT2D eigenvalue weighted by Crippen LogP contribution is 2.34. The Balaban J connectivity index is 1.86. The van der Waals surface area contributed by atoms with Gasteiger partial charge in [-0.15, -0.1) is 0 Å². The van der Waals surface area contributed by atoms with Crippen molar-refractivity contribution in [3.8, 4) is 0 Å². The highest BCUT2D eigenvalue weighted by Gasteiger charge is 2.26. The van der Waals surface area contributed by atoms with E-state index in [0.717, 1.165) is 0 Å². The predicted molar refractivity (Wildman–Crippen MR) is 113 cm³/mol. The average molecular weight is 412 g/mol. The molecule has 1 unspecified atom stereocenters. The van der Waals surface area contributed by atoms with Gasteiger partial charge in [0.25, 0.3) is 11.8 Å². The number of carbonyl (C=O) groups is 3. The third-order valence-electron chi connectivity index (χ3n) is 5.19. The average Bonchev–Trinajstić information content (AvgIpc) is 3.14. The molecule has 1 atom stereocenters. The van der Waals surface area contributed by atoms with Crippen LogP contribution in [0.25, 0.3) is 11.6 Å². The van der Waals surface area contributed by atoms with Crippen LogP contribution in [0.3, 0.4) is 0 Å². The molecule has 0 bridgehead atoms. The maximum atomic E-state index is 13.7. The molecule has 2 aromatic rings. The zero-order chi connectivity index (χ0) is 22.2. The second-order valence-corrected chi connectivity index (χ2v) is 7.71. The fraction of sp³-hybridized carbons (Fsp3) is 0.318. The molecule has 3 rings (SSSR count). The maximum Gasteiger partial charge on any atom is 0.256 e. The van der Waals surface area contributed by atoms with Gasteiger partial charge in [-0.3, -0.25) is 14.4 Å². The molecule has 30 heavy (non-hydrogen) atoms. The second kappa shape index (κ2) is 8.14. The number of anilines is 1. The van der Waals surface area contributed by atoms with E-state index in [9.17, 15) is 18.8 Å². The highest BCUT2D eigenvalue weighted by atomic mass is 19.1. The Morgan fingerprint density at radius 2 is 1.97 bits per heavy atom. The van der Waals surface area contributed by atoms with Crippen molar-refractivity contribution in [2.45, 2.75) is 20.8 Å². The van der Waals surface area contributed by atoms with Gasteiger partial charge >= 0.3 is 0 Å². The van der Waals surface area contributed by atoms with Crippen molar-refractivity contribution in [3.63, 3.8) is 0 Å². The molecule has 8 heteroatoms. The number of aryl methyl sites for hydroxylation is 1. The predicted octanol–water partition coefficient (Wildman–Crippen LogP) is 2.72. The lowest BCUT2D eigenvalue weighted by molar-refractivity contribution is -0.132. The van der Waals surface area contributed by atoms with E-state index in [1.54, 1.807) is 40.9 Å². The van der Waals surface area contributed by atoms with Crippen LogP contribution >= 0.6 is 0 Å². The molecule has 0 saturated carbocycles. The summed E-state index contributed by atoms with van der Waals surface area (Å²) in [6.07, 6.45) is 1.62. The lowest BCUT2D eigenvalue weighted by Gasteiger charge is -2.17. The molecule has 0 radical (unpaired) electrons. The number of nitrogens with zero attached hydrogens (tertiary/aromatic N) is 1. The molecule has 0 aliphatic carbocycles. The first kappa shape index (κ1) is 21.3. The van der Waals surface area contributed by atoms with E-state index in [2.05, 4.69) is 15.6 Å². The van der Waals surface area contributed by atoms with Gasteiger partial charge in [-0.1, -0.05) is 6.92 Å². The van der Waals surface area contributed by atoms with Crippen molar-refractivity contribution in [3.05, 3.63) is 52.1 Å². The molecule has 0 saturated heterocycles. The number of aromatic amines is 1. The fourth-order valence-electron chi connectivity index (χ4n) is 3.57. The smallest absolute Gasteiger partial charge is 0.256 e. The Morgan fingerprint density at radius 1 is 1.27 bits per heavy atom. The standard InChI is InChI=1S/C22H25FN4O3/c1-11(22(30)27(4)5)10-24-21(29)19-12(2)18(25-13(19)3)9-16-15-8-14(23)6-7-17(15)26-20(16)28/h6-9,11,25H,10H2,1-5H3,(H,24,29)(H,26,28). The molecule has 1 aromatic carbocycles. The van der Waals surface area contributed by atoms with Gasteiger partial charge in [0.15, 0.2) is 0 Å². The van der Waals surface area contributed by atoms with Crippen molar-refractivity contribution in [1.29, 1.82) is 0 Å². The molecule has 1 aromatic heterocycles. The van der Waals surface area contributed by atoms with Crippen molar-refractivity contribution in [1.82, 2.24) is 15.2 Å². The largest absolute Gasteiger partial charge is 0.358 e. The maximum absolute atomic E-state index is 13.7. The first-order valence-electron chi connectivity index (χ1n) is 9.61. The normalized spacial score (nSPS) is 15.0. The number of rotatable bonds is 5. The van der Waals surface area contributed by atoms with Gasteiger partial charge in [0.2, 0.25) is 5.91 Å². The highest BCUT2D eigenvalue weighted by molar-refractivity contribution is 6.34. The first-order chi connectivity index (χ1) is 14.1. The number of H-pyrrole nitrogens is 1. The molecular weight excluding hydrogens is 387 g/mol. The fourth-order valence-corrected chi connectivity index (χ4v) is 3.57. The van der Waals surface area contributed by atoms with E-state index < -0.39 is 5.82 Å². The summed E-state index contributed by atoms with van der Waals surface area (Å²) in [7, 11) is 3.34. The summed E-state index contributed by atoms with van der Waals surface area (Å²) in [5, 5.41) is 5.51. The Labute approximate surface area is 174 Å². The third kappa shape index (κ3) is 3.98. The lowest BCUT2D eigenvalue weighted by Crippen LogP contribution is -2.37. The van der Waals surface area contributed by atoms with Crippen LogP contribution in [-0.4, -0.2) is 48.2 Å². The summed E-state index contributed by atoms with van der Waals surface area (Å²) in [4.78, 5) is 41.7. The topological polar surface area (TPSA) is 94.3 Å². The van der Waals surface area contributed by atoms with Crippen molar-refractivity contribution in [2.75, 3.05) is 26.0 Å². The van der Waals surface area contributed by atoms with Crippen LogP contribution in [0.5, 0.6) is 0 Å². The number of carbonyl (C=O) groups excluding carboxylic acids is 3. The van der Waals surface area contributed by atoms with Gasteiger partial charge in [-0.05, 0) is 43.7 Å². The molecule has 1 aliphatic rings. The molecular formula is C22H25FN4O3. The van der Waals surface area contributed by atoms with Crippen LogP contribution in [0.1, 0.15) is 39.8 Å². The first-order valence-corrected chi connectivity index (χ1v) is 9.61. The van der Waals surface area contributed by atoms with Crippen molar-refractivity contribution < 1.29 is 18.8 Å². The Bertz CT molecular complexity index is 1070. The van der Waals surface area contributed by atoms with E-state index in [1.807, 2.05) is 0 Å². The van der Waals surface area contributed by atoms with Gasteiger partial charge < -0.3 is 20.5 Å². The van der Waals surface area contributed by atoms with Gasteiger partial charge in [0, 0.05) is 43.3 Å². The van der Waals surface area contributed by atoms with Crippen molar-refractivity contribution in [2.24, 2.45) is 5.92 Å². The molecule has 1 aliphatic heterocycles. The second-order valence-electron chi connectivity index (χ2n) is 7.71. The number of nitrogens with one attached hydrogen (secondary N) is 3. The summed E-state index contributed by atoms with van der Waals surface area (Å²) in [5.41, 5.74) is 3.72. The van der Waals surface area contributed by atoms with E-state index in [-0.39, 0.29) is 30.2 Å². The number of halogens is 1. The summed E-state index contributed by atoms with van der Waals surface area (Å²) in [6, 6.07) is 4.11. The van der Waals surface area contributed by atoms with E-state index in [4.69, 9.17) is 0 Å². The van der Waals surface area contributed by atoms with Crippen molar-refractivity contribution >= 4 is 35.1 Å². The van der Waals surface area contributed by atoms with E-state index in [0.29, 0.717) is 39.3 Å². The molecule has 3 amide bonds. The minimum Gasteiger partial charge on any atom is -0.358 e. The minimum atomic E-state index is -0.433. The van der Waals surface area contributed by atoms with Gasteiger partial charge in [-0.2, -0.15) is 0 Å². The monoisotopic (exact) mass is 412 g/mol. The van der Waals surface area contributed by atoms with Crippen LogP contribution in [-0.2, 0) is 9.59 Å². The molecule has 7 nitrogen and oxygen atoms in total. The van der Waals surface area contributed by atoms with Gasteiger partial charge in [0.05, 0.1) is 17.1 Å². The molecule has 3 N–H and O–H groups in total. The summed E-state index contributed by atoms with van der Waals surface area (Å²) >= 11 is 0.